The predicted molar refractivity (Wildman–Crippen MR) is 91.1 cm³/mol. The molecule has 0 unspecified atom stereocenters. The number of halogens is 3. The van der Waals surface area contributed by atoms with Gasteiger partial charge in [-0.25, -0.2) is 9.18 Å². The smallest absolute Gasteiger partial charge is 0.339 e. The fourth-order valence-corrected chi connectivity index (χ4v) is 2.28. The third-order valence-corrected chi connectivity index (χ3v) is 3.80. The Bertz CT molecular complexity index is 795. The largest absolute Gasteiger partial charge is 0.449 e. The topological polar surface area (TPSA) is 55.4 Å². The predicted octanol–water partition coefficient (Wildman–Crippen LogP) is 4.62. The van der Waals surface area contributed by atoms with Gasteiger partial charge in [0.25, 0.3) is 5.91 Å². The van der Waals surface area contributed by atoms with Crippen LogP contribution in [-0.4, -0.2) is 18.0 Å². The van der Waals surface area contributed by atoms with E-state index < -0.39 is 23.8 Å². The minimum Gasteiger partial charge on any atom is -0.449 e. The highest BCUT2D eigenvalue weighted by atomic mass is 35.5. The lowest BCUT2D eigenvalue weighted by molar-refractivity contribution is -0.123. The molecule has 0 saturated carbocycles. The van der Waals surface area contributed by atoms with Gasteiger partial charge in [-0.3, -0.25) is 4.79 Å². The molecule has 2 rings (SSSR count). The number of anilines is 1. The van der Waals surface area contributed by atoms with Gasteiger partial charge in [0.2, 0.25) is 0 Å². The number of amides is 1. The van der Waals surface area contributed by atoms with Crippen molar-refractivity contribution in [2.24, 2.45) is 0 Å². The number of rotatable bonds is 4. The van der Waals surface area contributed by atoms with Crippen molar-refractivity contribution in [2.75, 3.05) is 5.32 Å². The highest BCUT2D eigenvalue weighted by molar-refractivity contribution is 6.36. The lowest BCUT2D eigenvalue weighted by Crippen LogP contribution is -2.30. The summed E-state index contributed by atoms with van der Waals surface area (Å²) >= 11 is 11.7. The van der Waals surface area contributed by atoms with Crippen LogP contribution in [-0.2, 0) is 9.53 Å². The molecule has 2 aromatic carbocycles. The Kier molecular flexibility index (Phi) is 5.80. The standard InChI is InChI=1S/C17H14Cl2FNO3/c1-9-3-4-11(7-14(9)20)17(23)24-10(2)16(22)21-15-6-5-12(18)8-13(15)19/h3-8,10H,1-2H3,(H,21,22)/t10-/m1/s1. The number of benzene rings is 2. The molecule has 0 aliphatic rings. The van der Waals surface area contributed by atoms with Crippen LogP contribution in [0.5, 0.6) is 0 Å². The average molecular weight is 370 g/mol. The number of aryl methyl sites for hydroxylation is 1. The van der Waals surface area contributed by atoms with Crippen LogP contribution in [0.3, 0.4) is 0 Å². The van der Waals surface area contributed by atoms with E-state index in [1.807, 2.05) is 0 Å². The van der Waals surface area contributed by atoms with Gasteiger partial charge in [0.1, 0.15) is 5.82 Å². The van der Waals surface area contributed by atoms with Crippen LogP contribution in [0, 0.1) is 12.7 Å². The Morgan fingerprint density at radius 2 is 1.88 bits per heavy atom. The summed E-state index contributed by atoms with van der Waals surface area (Å²) in [5, 5.41) is 3.22. The van der Waals surface area contributed by atoms with Crippen LogP contribution in [0.1, 0.15) is 22.8 Å². The van der Waals surface area contributed by atoms with E-state index in [-0.39, 0.29) is 10.6 Å². The molecule has 1 N–H and O–H groups in total. The first kappa shape index (κ1) is 18.2. The van der Waals surface area contributed by atoms with Crippen molar-refractivity contribution < 1.29 is 18.7 Å². The number of carbonyl (C=O) groups is 2. The van der Waals surface area contributed by atoms with Crippen LogP contribution >= 0.6 is 23.2 Å². The highest BCUT2D eigenvalue weighted by Gasteiger charge is 2.20. The molecule has 2 aromatic rings. The number of carbonyl (C=O) groups excluding carboxylic acids is 2. The van der Waals surface area contributed by atoms with Gasteiger partial charge >= 0.3 is 5.97 Å². The molecule has 0 bridgehead atoms. The first-order valence-electron chi connectivity index (χ1n) is 7.01. The van der Waals surface area contributed by atoms with E-state index in [0.29, 0.717) is 16.3 Å². The van der Waals surface area contributed by atoms with Gasteiger partial charge in [-0.15, -0.1) is 0 Å². The van der Waals surface area contributed by atoms with Gasteiger partial charge in [0.15, 0.2) is 6.10 Å². The number of hydrogen-bond donors (Lipinski definition) is 1. The van der Waals surface area contributed by atoms with Gasteiger partial charge < -0.3 is 10.1 Å². The van der Waals surface area contributed by atoms with Gasteiger partial charge in [-0.05, 0) is 49.7 Å². The molecular weight excluding hydrogens is 356 g/mol. The molecule has 24 heavy (non-hydrogen) atoms. The molecule has 0 fully saturated rings. The third-order valence-electron chi connectivity index (χ3n) is 3.25. The van der Waals surface area contributed by atoms with E-state index >= 15 is 0 Å². The van der Waals surface area contributed by atoms with Crippen molar-refractivity contribution in [2.45, 2.75) is 20.0 Å². The van der Waals surface area contributed by atoms with Crippen molar-refractivity contribution >= 4 is 40.8 Å². The third kappa shape index (κ3) is 4.46. The maximum atomic E-state index is 13.5. The number of ether oxygens (including phenoxy) is 1. The molecule has 0 radical (unpaired) electrons. The summed E-state index contributed by atoms with van der Waals surface area (Å²) < 4.78 is 18.5. The van der Waals surface area contributed by atoms with Crippen LogP contribution in [0.4, 0.5) is 10.1 Å². The maximum Gasteiger partial charge on any atom is 0.339 e. The Morgan fingerprint density at radius 3 is 2.50 bits per heavy atom. The fraction of sp³-hybridized carbons (Fsp3) is 0.176. The van der Waals surface area contributed by atoms with Crippen molar-refractivity contribution in [3.05, 3.63) is 63.4 Å². The number of hydrogen-bond acceptors (Lipinski definition) is 3. The van der Waals surface area contributed by atoms with E-state index in [2.05, 4.69) is 5.32 Å². The summed E-state index contributed by atoms with van der Waals surface area (Å²) in [6.45, 7) is 2.98. The molecular formula is C17H14Cl2FNO3. The average Bonchev–Trinajstić information content (AvgIpc) is 2.52. The molecule has 0 aliphatic carbocycles. The first-order valence-corrected chi connectivity index (χ1v) is 7.76. The Labute approximate surface area is 148 Å². The molecule has 0 aliphatic heterocycles. The van der Waals surface area contributed by atoms with E-state index in [0.717, 1.165) is 6.07 Å². The molecule has 126 valence electrons. The second-order valence-corrected chi connectivity index (χ2v) is 5.97. The zero-order valence-corrected chi connectivity index (χ0v) is 14.4. The molecule has 0 aromatic heterocycles. The van der Waals surface area contributed by atoms with Crippen LogP contribution < -0.4 is 5.32 Å². The van der Waals surface area contributed by atoms with Crippen molar-refractivity contribution in [1.29, 1.82) is 0 Å². The zero-order chi connectivity index (χ0) is 17.9. The summed E-state index contributed by atoms with van der Waals surface area (Å²) in [6.07, 6.45) is -1.09. The Morgan fingerprint density at radius 1 is 1.17 bits per heavy atom. The molecule has 7 heteroatoms. The molecule has 1 atom stereocenters. The van der Waals surface area contributed by atoms with Crippen LogP contribution in [0.15, 0.2) is 36.4 Å². The molecule has 0 saturated heterocycles. The van der Waals surface area contributed by atoms with E-state index in [1.165, 1.54) is 31.2 Å². The van der Waals surface area contributed by atoms with E-state index in [9.17, 15) is 14.0 Å². The molecule has 4 nitrogen and oxygen atoms in total. The van der Waals surface area contributed by atoms with Gasteiger partial charge in [-0.2, -0.15) is 0 Å². The minimum atomic E-state index is -1.09. The maximum absolute atomic E-state index is 13.5. The van der Waals surface area contributed by atoms with E-state index in [1.54, 1.807) is 13.0 Å². The first-order chi connectivity index (χ1) is 11.3. The van der Waals surface area contributed by atoms with Gasteiger partial charge in [0, 0.05) is 5.02 Å². The lowest BCUT2D eigenvalue weighted by atomic mass is 10.1. The lowest BCUT2D eigenvalue weighted by Gasteiger charge is -2.14. The summed E-state index contributed by atoms with van der Waals surface area (Å²) in [6, 6.07) is 8.54. The fourth-order valence-electron chi connectivity index (χ4n) is 1.83. The quantitative estimate of drug-likeness (QED) is 0.799. The van der Waals surface area contributed by atoms with Crippen molar-refractivity contribution in [3.8, 4) is 0 Å². The van der Waals surface area contributed by atoms with Crippen LogP contribution in [0.2, 0.25) is 10.0 Å². The summed E-state index contributed by atoms with van der Waals surface area (Å²) in [5.41, 5.74) is 0.785. The zero-order valence-electron chi connectivity index (χ0n) is 12.9. The SMILES string of the molecule is Cc1ccc(C(=O)O[C@H](C)C(=O)Nc2ccc(Cl)cc2Cl)cc1F. The Balaban J connectivity index is 2.02. The molecule has 0 heterocycles. The summed E-state index contributed by atoms with van der Waals surface area (Å²) in [4.78, 5) is 24.1. The Hall–Kier alpha value is -2.11. The van der Waals surface area contributed by atoms with Crippen LogP contribution in [0.25, 0.3) is 0 Å². The second kappa shape index (κ2) is 7.64. The summed E-state index contributed by atoms with van der Waals surface area (Å²) in [5.74, 6) is -1.88. The van der Waals surface area contributed by atoms with Crippen molar-refractivity contribution in [3.63, 3.8) is 0 Å². The normalized spacial score (nSPS) is 11.7. The monoisotopic (exact) mass is 369 g/mol. The highest BCUT2D eigenvalue weighted by Crippen LogP contribution is 2.25. The summed E-state index contributed by atoms with van der Waals surface area (Å²) in [7, 11) is 0. The molecule has 0 spiro atoms. The van der Waals surface area contributed by atoms with Gasteiger partial charge in [-0.1, -0.05) is 29.3 Å². The second-order valence-electron chi connectivity index (χ2n) is 5.12. The number of esters is 1. The van der Waals surface area contributed by atoms with Crippen molar-refractivity contribution in [1.82, 2.24) is 0 Å². The van der Waals surface area contributed by atoms with E-state index in [4.69, 9.17) is 27.9 Å². The molecule has 1 amide bonds. The minimum absolute atomic E-state index is 0.0299. The van der Waals surface area contributed by atoms with Gasteiger partial charge in [0.05, 0.1) is 16.3 Å². The number of nitrogens with one attached hydrogen (secondary N) is 1.